The molecule has 2 aliphatic rings. The van der Waals surface area contributed by atoms with Crippen molar-refractivity contribution in [3.63, 3.8) is 0 Å². The Hall–Kier alpha value is -4.29. The Balaban J connectivity index is 1.50. The van der Waals surface area contributed by atoms with E-state index in [1.54, 1.807) is 55.5 Å². The van der Waals surface area contributed by atoms with Crippen LogP contribution in [0, 0.1) is 0 Å². The number of carbonyl (C=O) groups is 3. The Kier molecular flexibility index (Phi) is 7.27. The quantitative estimate of drug-likeness (QED) is 0.325. The first-order chi connectivity index (χ1) is 17.3. The summed E-state index contributed by atoms with van der Waals surface area (Å²) in [6.07, 6.45) is 0.223. The molecule has 0 aromatic heterocycles. The number of carboxylic acid groups (broad SMARTS) is 1. The second kappa shape index (κ2) is 10.5. The average molecular weight is 514 g/mol. The topological polar surface area (TPSA) is 153 Å². The van der Waals surface area contributed by atoms with Crippen molar-refractivity contribution in [3.05, 3.63) is 71.0 Å². The predicted molar refractivity (Wildman–Crippen MR) is 132 cm³/mol. The molecule has 1 atom stereocenters. The number of aliphatic imine (C=N–C) groups is 1. The number of benzene rings is 2. The molecule has 2 heterocycles. The van der Waals surface area contributed by atoms with Crippen molar-refractivity contribution in [1.29, 1.82) is 0 Å². The summed E-state index contributed by atoms with van der Waals surface area (Å²) >= 11 is 5.98. The highest BCUT2D eigenvalue weighted by Gasteiger charge is 2.42. The lowest BCUT2D eigenvalue weighted by atomic mass is 10.2. The molecule has 4 rings (SSSR count). The summed E-state index contributed by atoms with van der Waals surface area (Å²) in [5, 5.41) is 16.3. The van der Waals surface area contributed by atoms with Crippen LogP contribution in [0.3, 0.4) is 0 Å². The van der Waals surface area contributed by atoms with Gasteiger partial charge in [0.15, 0.2) is 0 Å². The minimum absolute atomic E-state index is 0.0189. The first-order valence-electron chi connectivity index (χ1n) is 11.0. The lowest BCUT2D eigenvalue weighted by Gasteiger charge is -2.45. The van der Waals surface area contributed by atoms with Gasteiger partial charge in [0.1, 0.15) is 11.4 Å². The lowest BCUT2D eigenvalue weighted by molar-refractivity contribution is -0.133. The molecule has 2 aliphatic heterocycles. The number of anilines is 1. The Bertz CT molecular complexity index is 1220. The molecule has 0 spiro atoms. The van der Waals surface area contributed by atoms with E-state index in [1.807, 2.05) is 0 Å². The average Bonchev–Trinajstić information content (AvgIpc) is 2.87. The van der Waals surface area contributed by atoms with Crippen molar-refractivity contribution >= 4 is 41.2 Å². The van der Waals surface area contributed by atoms with Gasteiger partial charge in [-0.15, -0.1) is 0 Å². The molecule has 1 unspecified atom stereocenters. The fourth-order valence-corrected chi connectivity index (χ4v) is 3.72. The summed E-state index contributed by atoms with van der Waals surface area (Å²) in [5.74, 6) is 5.78. The fourth-order valence-electron chi connectivity index (χ4n) is 3.59. The van der Waals surface area contributed by atoms with Crippen molar-refractivity contribution < 1.29 is 24.2 Å². The Morgan fingerprint density at radius 3 is 2.47 bits per heavy atom. The van der Waals surface area contributed by atoms with Crippen molar-refractivity contribution in [3.8, 4) is 5.75 Å². The number of nitrogens with one attached hydrogen (secondary N) is 2. The maximum atomic E-state index is 13.1. The van der Waals surface area contributed by atoms with Gasteiger partial charge in [-0.3, -0.25) is 4.90 Å². The van der Waals surface area contributed by atoms with Gasteiger partial charge < -0.3 is 20.5 Å². The molecular formula is C23H24ClN7O5. The van der Waals surface area contributed by atoms with Crippen molar-refractivity contribution in [2.24, 2.45) is 10.8 Å². The van der Waals surface area contributed by atoms with Gasteiger partial charge >= 0.3 is 18.0 Å². The highest BCUT2D eigenvalue weighted by atomic mass is 35.5. The van der Waals surface area contributed by atoms with E-state index in [4.69, 9.17) is 27.3 Å². The molecule has 1 saturated heterocycles. The largest absolute Gasteiger partial charge is 0.477 e. The van der Waals surface area contributed by atoms with Crippen molar-refractivity contribution in [2.75, 3.05) is 18.4 Å². The molecule has 2 aromatic rings. The highest BCUT2D eigenvalue weighted by molar-refractivity contribution is 6.30. The first-order valence-corrected chi connectivity index (χ1v) is 11.3. The summed E-state index contributed by atoms with van der Waals surface area (Å²) in [6, 6.07) is 12.7. The Labute approximate surface area is 211 Å². The summed E-state index contributed by atoms with van der Waals surface area (Å²) in [5.41, 5.74) is 1.37. The molecule has 2 aromatic carbocycles. The Morgan fingerprint density at radius 1 is 1.19 bits per heavy atom. The maximum Gasteiger partial charge on any atom is 0.353 e. The summed E-state index contributed by atoms with van der Waals surface area (Å²) in [6.45, 7) is 2.18. The molecule has 12 nitrogen and oxygen atoms in total. The van der Waals surface area contributed by atoms with Crippen LogP contribution in [0.4, 0.5) is 15.3 Å². The number of carboxylic acids is 1. The third-order valence-corrected chi connectivity index (χ3v) is 5.71. The number of amides is 4. The molecule has 0 bridgehead atoms. The number of hydrogen-bond acceptors (Lipinski definition) is 8. The molecule has 36 heavy (non-hydrogen) atoms. The molecule has 0 radical (unpaired) electrons. The van der Waals surface area contributed by atoms with E-state index in [0.717, 1.165) is 15.5 Å². The molecule has 0 aliphatic carbocycles. The van der Waals surface area contributed by atoms with Crippen molar-refractivity contribution in [2.45, 2.75) is 19.8 Å². The zero-order valence-corrected chi connectivity index (χ0v) is 20.0. The predicted octanol–water partition coefficient (Wildman–Crippen LogP) is 2.60. The Morgan fingerprint density at radius 2 is 1.89 bits per heavy atom. The van der Waals surface area contributed by atoms with Gasteiger partial charge in [-0.05, 0) is 48.9 Å². The maximum absolute atomic E-state index is 13.1. The standard InChI is InChI=1S/C23H24ClN7O5/c1-2-29-22(34)30(13-14-3-5-15(24)6-4-14)21(31(25)23(29)35)28-16-7-9-17(10-8-16)36-19-12-26-18(11-27-19)20(32)33/h3-11,21,26,28H,2,12-13,25H2,1H3,(H,32,33). The summed E-state index contributed by atoms with van der Waals surface area (Å²) < 4.78 is 5.67. The summed E-state index contributed by atoms with van der Waals surface area (Å²) in [7, 11) is 0. The number of ether oxygens (including phenoxy) is 1. The molecule has 188 valence electrons. The zero-order chi connectivity index (χ0) is 25.8. The smallest absolute Gasteiger partial charge is 0.353 e. The van der Waals surface area contributed by atoms with Crippen LogP contribution in [0.5, 0.6) is 5.75 Å². The second-order valence-electron chi connectivity index (χ2n) is 7.84. The second-order valence-corrected chi connectivity index (χ2v) is 8.28. The molecular weight excluding hydrogens is 490 g/mol. The van der Waals surface area contributed by atoms with Gasteiger partial charge in [0.25, 0.3) is 0 Å². The van der Waals surface area contributed by atoms with Crippen LogP contribution >= 0.6 is 11.6 Å². The van der Waals surface area contributed by atoms with Gasteiger partial charge in [0.2, 0.25) is 12.2 Å². The fraction of sp³-hybridized carbons (Fsp3) is 0.217. The number of nitrogens with two attached hydrogens (primary N) is 1. The van der Waals surface area contributed by atoms with E-state index in [2.05, 4.69) is 15.6 Å². The number of urea groups is 2. The number of nitrogens with zero attached hydrogens (tertiary/aromatic N) is 4. The van der Waals surface area contributed by atoms with Crippen LogP contribution < -0.4 is 21.2 Å². The van der Waals surface area contributed by atoms with Crippen LogP contribution in [-0.2, 0) is 11.3 Å². The van der Waals surface area contributed by atoms with E-state index in [-0.39, 0.29) is 25.3 Å². The van der Waals surface area contributed by atoms with Gasteiger partial charge in [-0.25, -0.2) is 35.1 Å². The number of hydrogen-bond donors (Lipinski definition) is 4. The molecule has 1 fully saturated rings. The lowest BCUT2D eigenvalue weighted by Crippen LogP contribution is -2.70. The van der Waals surface area contributed by atoms with Gasteiger partial charge in [0.05, 0.1) is 19.3 Å². The van der Waals surface area contributed by atoms with Gasteiger partial charge in [0, 0.05) is 17.3 Å². The van der Waals surface area contributed by atoms with Gasteiger partial charge in [-0.1, -0.05) is 23.7 Å². The number of hydrazine groups is 1. The minimum atomic E-state index is -1.10. The van der Waals surface area contributed by atoms with Crippen molar-refractivity contribution in [1.82, 2.24) is 20.1 Å². The third-order valence-electron chi connectivity index (χ3n) is 5.45. The molecule has 0 saturated carbocycles. The molecule has 13 heteroatoms. The van der Waals surface area contributed by atoms with Crippen LogP contribution in [-0.4, -0.2) is 63.2 Å². The SMILES string of the molecule is CCN1C(=O)N(N)C(Nc2ccc(OC3=NC=C(C(=O)O)NC3)cc2)N(Cc2ccc(Cl)cc2)C1=O. The van der Waals surface area contributed by atoms with E-state index in [9.17, 15) is 14.4 Å². The summed E-state index contributed by atoms with van der Waals surface area (Å²) in [4.78, 5) is 43.3. The van der Waals surface area contributed by atoms with Crippen LogP contribution in [0.25, 0.3) is 0 Å². The van der Waals surface area contributed by atoms with E-state index in [0.29, 0.717) is 22.4 Å². The van der Waals surface area contributed by atoms with E-state index >= 15 is 0 Å². The first kappa shape index (κ1) is 24.8. The van der Waals surface area contributed by atoms with Crippen LogP contribution in [0.15, 0.2) is 65.4 Å². The van der Waals surface area contributed by atoms with E-state index in [1.165, 1.54) is 11.1 Å². The van der Waals surface area contributed by atoms with Crippen LogP contribution in [0.1, 0.15) is 12.5 Å². The minimum Gasteiger partial charge on any atom is -0.477 e. The normalized spacial score (nSPS) is 17.9. The number of imide groups is 1. The number of halogens is 1. The highest BCUT2D eigenvalue weighted by Crippen LogP contribution is 2.24. The number of rotatable bonds is 7. The zero-order valence-electron chi connectivity index (χ0n) is 19.2. The van der Waals surface area contributed by atoms with Gasteiger partial charge in [-0.2, -0.15) is 0 Å². The van der Waals surface area contributed by atoms with Crippen LogP contribution in [0.2, 0.25) is 5.02 Å². The molecule has 4 amide bonds. The molecule has 5 N–H and O–H groups in total. The third kappa shape index (κ3) is 5.34. The van der Waals surface area contributed by atoms with E-state index < -0.39 is 24.3 Å². The monoisotopic (exact) mass is 513 g/mol. The number of carbonyl (C=O) groups excluding carboxylic acids is 2. The number of aliphatic carboxylic acids is 1.